The van der Waals surface area contributed by atoms with Gasteiger partial charge < -0.3 is 34.2 Å². The van der Waals surface area contributed by atoms with Gasteiger partial charge in [-0.05, 0) is 20.8 Å². The molecule has 1 heterocycles. The molecule has 172 valence electrons. The molecule has 0 radical (unpaired) electrons. The molecule has 11 heteroatoms. The van der Waals surface area contributed by atoms with Crippen LogP contribution in [-0.4, -0.2) is 70.3 Å². The first-order chi connectivity index (χ1) is 14.3. The predicted molar refractivity (Wildman–Crippen MR) is 107 cm³/mol. The summed E-state index contributed by atoms with van der Waals surface area (Å²) in [5.74, 6) is -1.30. The summed E-state index contributed by atoms with van der Waals surface area (Å²) in [4.78, 5) is 36.0. The van der Waals surface area contributed by atoms with Crippen molar-refractivity contribution in [3.63, 3.8) is 0 Å². The van der Waals surface area contributed by atoms with Crippen molar-refractivity contribution in [2.75, 3.05) is 47.4 Å². The fraction of sp³-hybridized carbons (Fsp3) is 0.579. The third-order valence-electron chi connectivity index (χ3n) is 2.81. The van der Waals surface area contributed by atoms with Crippen LogP contribution in [-0.2, 0) is 28.5 Å². The smallest absolute Gasteiger partial charge is 0.334 e. The van der Waals surface area contributed by atoms with E-state index in [1.165, 1.54) is 26.3 Å². The van der Waals surface area contributed by atoms with Gasteiger partial charge >= 0.3 is 11.9 Å². The van der Waals surface area contributed by atoms with E-state index in [4.69, 9.17) is 24.7 Å². The van der Waals surface area contributed by atoms with E-state index in [0.29, 0.717) is 13.2 Å². The van der Waals surface area contributed by atoms with Crippen LogP contribution in [0.15, 0.2) is 12.3 Å². The number of ether oxygens (including phenoxy) is 6. The highest BCUT2D eigenvalue weighted by atomic mass is 16.7. The summed E-state index contributed by atoms with van der Waals surface area (Å²) in [5, 5.41) is 0. The van der Waals surface area contributed by atoms with Crippen molar-refractivity contribution in [3.8, 4) is 11.5 Å². The Balaban J connectivity index is 0. The number of hydrogen-bond acceptors (Lipinski definition) is 10. The average Bonchev–Trinajstić information content (AvgIpc) is 2.72. The Labute approximate surface area is 176 Å². The van der Waals surface area contributed by atoms with Crippen molar-refractivity contribution in [3.05, 3.63) is 18.0 Å². The normalized spacial score (nSPS) is 9.13. The van der Waals surface area contributed by atoms with Gasteiger partial charge in [-0.1, -0.05) is 0 Å². The van der Waals surface area contributed by atoms with Crippen LogP contribution in [0.25, 0.3) is 0 Å². The van der Waals surface area contributed by atoms with Crippen LogP contribution in [0.1, 0.15) is 38.2 Å². The number of esters is 2. The molecule has 0 aliphatic rings. The lowest BCUT2D eigenvalue weighted by Gasteiger charge is -2.12. The second kappa shape index (κ2) is 19.4. The number of pyridine rings is 1. The molecular formula is C19H32N2O9. The zero-order chi connectivity index (χ0) is 23.4. The Bertz CT molecular complexity index is 622. The number of primary amides is 1. The van der Waals surface area contributed by atoms with E-state index in [0.717, 1.165) is 6.61 Å². The minimum atomic E-state index is -0.778. The first-order valence-corrected chi connectivity index (χ1v) is 9.09. The van der Waals surface area contributed by atoms with Crippen LogP contribution >= 0.6 is 0 Å². The van der Waals surface area contributed by atoms with Crippen LogP contribution in [0.4, 0.5) is 0 Å². The maximum atomic E-state index is 11.2. The highest BCUT2D eigenvalue weighted by molar-refractivity contribution is 5.94. The number of carbonyl (C=O) groups is 3. The van der Waals surface area contributed by atoms with Crippen molar-refractivity contribution in [2.45, 2.75) is 27.7 Å². The summed E-state index contributed by atoms with van der Waals surface area (Å²) in [5.41, 5.74) is 5.06. The zero-order valence-corrected chi connectivity index (χ0v) is 18.4. The fourth-order valence-electron chi connectivity index (χ4n) is 1.49. The molecule has 0 aromatic carbocycles. The minimum absolute atomic E-state index is 0.0201. The molecule has 2 N–H and O–H groups in total. The predicted octanol–water partition coefficient (Wildman–Crippen LogP) is 1.33. The van der Waals surface area contributed by atoms with E-state index in [2.05, 4.69) is 14.5 Å². The first kappa shape index (κ1) is 29.3. The third-order valence-corrected chi connectivity index (χ3v) is 2.81. The highest BCUT2D eigenvalue weighted by Crippen LogP contribution is 2.29. The number of methoxy groups -OCH3 is 2. The second-order valence-electron chi connectivity index (χ2n) is 4.97. The second-order valence-corrected chi connectivity index (χ2v) is 4.97. The van der Waals surface area contributed by atoms with Crippen LogP contribution in [0, 0.1) is 0 Å². The number of nitrogens with zero attached hydrogens (tertiary/aromatic N) is 1. The standard InChI is InChI=1S/C12H16N2O6.C4H8O2.C3H8O/c1-3-18-6-9(15)19-7-20-11-8(17-2)4-5-14-10(11)12(13)16;1-3-6-4(2)5;1-3-4-2/h4-5H,3,6-7H2,1-2H3,(H2,13,16);3H2,1-2H3;3H2,1-2H3. The van der Waals surface area contributed by atoms with Crippen molar-refractivity contribution >= 4 is 17.8 Å². The molecule has 30 heavy (non-hydrogen) atoms. The van der Waals surface area contributed by atoms with Crippen molar-refractivity contribution in [1.29, 1.82) is 0 Å². The van der Waals surface area contributed by atoms with Gasteiger partial charge in [0, 0.05) is 39.5 Å². The Morgan fingerprint density at radius 2 is 1.67 bits per heavy atom. The molecule has 11 nitrogen and oxygen atoms in total. The van der Waals surface area contributed by atoms with Gasteiger partial charge in [0.15, 0.2) is 17.2 Å². The Kier molecular flexibility index (Phi) is 18.9. The molecule has 0 unspecified atom stereocenters. The Morgan fingerprint density at radius 1 is 1.03 bits per heavy atom. The van der Waals surface area contributed by atoms with Gasteiger partial charge in [-0.15, -0.1) is 0 Å². The lowest BCUT2D eigenvalue weighted by atomic mass is 10.3. The molecule has 1 amide bonds. The summed E-state index contributed by atoms with van der Waals surface area (Å²) in [6, 6.07) is 1.49. The number of rotatable bonds is 10. The topological polar surface area (TPSA) is 146 Å². The quantitative estimate of drug-likeness (QED) is 0.424. The van der Waals surface area contributed by atoms with Crippen molar-refractivity contribution < 1.29 is 42.8 Å². The van der Waals surface area contributed by atoms with Crippen LogP contribution < -0.4 is 15.2 Å². The van der Waals surface area contributed by atoms with E-state index in [1.807, 2.05) is 6.92 Å². The number of aromatic nitrogens is 1. The molecule has 0 aliphatic heterocycles. The Hall–Kier alpha value is -2.92. The van der Waals surface area contributed by atoms with Crippen LogP contribution in [0.5, 0.6) is 11.5 Å². The van der Waals surface area contributed by atoms with Crippen molar-refractivity contribution in [1.82, 2.24) is 4.98 Å². The largest absolute Gasteiger partial charge is 0.493 e. The van der Waals surface area contributed by atoms with Crippen LogP contribution in [0.3, 0.4) is 0 Å². The van der Waals surface area contributed by atoms with Gasteiger partial charge in [0.2, 0.25) is 6.79 Å². The molecule has 0 atom stereocenters. The molecule has 0 fully saturated rings. The van der Waals surface area contributed by atoms with E-state index >= 15 is 0 Å². The summed E-state index contributed by atoms with van der Waals surface area (Å²) in [7, 11) is 3.08. The van der Waals surface area contributed by atoms with Gasteiger partial charge in [-0.2, -0.15) is 0 Å². The zero-order valence-electron chi connectivity index (χ0n) is 18.4. The molecular weight excluding hydrogens is 400 g/mol. The number of hydrogen-bond donors (Lipinski definition) is 1. The summed E-state index contributed by atoms with van der Waals surface area (Å²) >= 11 is 0. The highest BCUT2D eigenvalue weighted by Gasteiger charge is 2.17. The summed E-state index contributed by atoms with van der Waals surface area (Å²) in [6.45, 7) is 8.00. The van der Waals surface area contributed by atoms with Gasteiger partial charge in [-0.3, -0.25) is 9.59 Å². The van der Waals surface area contributed by atoms with E-state index in [1.54, 1.807) is 21.0 Å². The third kappa shape index (κ3) is 15.1. The minimum Gasteiger partial charge on any atom is -0.493 e. The van der Waals surface area contributed by atoms with E-state index < -0.39 is 18.7 Å². The number of carbonyl (C=O) groups excluding carboxylic acids is 3. The fourth-order valence-corrected chi connectivity index (χ4v) is 1.49. The monoisotopic (exact) mass is 432 g/mol. The first-order valence-electron chi connectivity index (χ1n) is 9.09. The summed E-state index contributed by atoms with van der Waals surface area (Å²) < 4.78 is 28.8. The molecule has 0 bridgehead atoms. The van der Waals surface area contributed by atoms with Crippen molar-refractivity contribution in [2.24, 2.45) is 5.73 Å². The lowest BCUT2D eigenvalue weighted by molar-refractivity contribution is -0.155. The maximum absolute atomic E-state index is 11.2. The van der Waals surface area contributed by atoms with E-state index in [9.17, 15) is 14.4 Å². The number of nitrogens with two attached hydrogens (primary N) is 1. The molecule has 0 aliphatic carbocycles. The molecule has 0 spiro atoms. The molecule has 0 saturated heterocycles. The molecule has 0 saturated carbocycles. The van der Waals surface area contributed by atoms with E-state index in [-0.39, 0.29) is 29.8 Å². The van der Waals surface area contributed by atoms with Gasteiger partial charge in [0.1, 0.15) is 6.61 Å². The summed E-state index contributed by atoms with van der Waals surface area (Å²) in [6.07, 6.45) is 1.35. The van der Waals surface area contributed by atoms with Gasteiger partial charge in [-0.25, -0.2) is 9.78 Å². The molecule has 1 rings (SSSR count). The maximum Gasteiger partial charge on any atom is 0.334 e. The molecule has 1 aromatic rings. The number of amides is 1. The van der Waals surface area contributed by atoms with Gasteiger partial charge in [0.05, 0.1) is 13.7 Å². The Morgan fingerprint density at radius 3 is 2.07 bits per heavy atom. The average molecular weight is 432 g/mol. The van der Waals surface area contributed by atoms with Crippen LogP contribution in [0.2, 0.25) is 0 Å². The molecule has 1 aromatic heterocycles. The lowest BCUT2D eigenvalue weighted by Crippen LogP contribution is -2.19. The SMILES string of the molecule is CCOC.CCOC(C)=O.CCOCC(=O)OCOc1c(OC)ccnc1C(N)=O. The van der Waals surface area contributed by atoms with Gasteiger partial charge in [0.25, 0.3) is 5.91 Å².